The molecule has 0 spiro atoms. The van der Waals surface area contributed by atoms with E-state index >= 15 is 0 Å². The van der Waals surface area contributed by atoms with Gasteiger partial charge < -0.3 is 11.1 Å². The first-order valence-corrected chi connectivity index (χ1v) is 6.20. The van der Waals surface area contributed by atoms with Gasteiger partial charge in [0.15, 0.2) is 0 Å². The molecule has 0 fully saturated rings. The molecule has 4 heteroatoms. The lowest BCUT2D eigenvalue weighted by atomic mass is 9.94. The van der Waals surface area contributed by atoms with Gasteiger partial charge in [-0.15, -0.1) is 0 Å². The summed E-state index contributed by atoms with van der Waals surface area (Å²) in [6.07, 6.45) is 1.48. The Kier molecular flexibility index (Phi) is 4.84. The van der Waals surface area contributed by atoms with E-state index in [9.17, 15) is 9.18 Å². The normalized spacial score (nSPS) is 14.1. The molecule has 100 valence electrons. The number of halogens is 1. The third-order valence-corrected chi connectivity index (χ3v) is 3.20. The Bertz CT molecular complexity index is 414. The minimum Gasteiger partial charge on any atom is -0.347 e. The summed E-state index contributed by atoms with van der Waals surface area (Å²) in [4.78, 5) is 12.1. The predicted molar refractivity (Wildman–Crippen MR) is 71.0 cm³/mol. The van der Waals surface area contributed by atoms with E-state index in [-0.39, 0.29) is 11.4 Å². The highest BCUT2D eigenvalue weighted by Gasteiger charge is 2.24. The summed E-state index contributed by atoms with van der Waals surface area (Å²) in [6, 6.07) is 4.33. The van der Waals surface area contributed by atoms with Crippen molar-refractivity contribution in [3.05, 3.63) is 35.1 Å². The average molecular weight is 252 g/mol. The number of nitrogens with one attached hydrogen (secondary N) is 1. The molecule has 1 atom stereocenters. The number of carbonyl (C=O) groups is 1. The van der Waals surface area contributed by atoms with E-state index in [2.05, 4.69) is 5.32 Å². The van der Waals surface area contributed by atoms with E-state index in [0.717, 1.165) is 12.0 Å². The quantitative estimate of drug-likeness (QED) is 0.845. The molecule has 0 saturated heterocycles. The molecule has 3 N–H and O–H groups in total. The van der Waals surface area contributed by atoms with Gasteiger partial charge in [-0.25, -0.2) is 4.39 Å². The lowest BCUT2D eigenvalue weighted by molar-refractivity contribution is 0.0899. The predicted octanol–water partition coefficient (Wildman–Crippen LogP) is 2.38. The molecule has 1 amide bonds. The van der Waals surface area contributed by atoms with Gasteiger partial charge in [0.2, 0.25) is 0 Å². The molecule has 0 aliphatic heterocycles. The number of nitrogens with two attached hydrogens (primary N) is 1. The molecule has 1 rings (SSSR count). The number of hydrogen-bond acceptors (Lipinski definition) is 2. The van der Waals surface area contributed by atoms with Crippen molar-refractivity contribution in [3.8, 4) is 0 Å². The summed E-state index contributed by atoms with van der Waals surface area (Å²) in [5.41, 5.74) is 6.28. The van der Waals surface area contributed by atoms with Gasteiger partial charge >= 0.3 is 0 Å². The fourth-order valence-electron chi connectivity index (χ4n) is 1.86. The zero-order valence-corrected chi connectivity index (χ0v) is 11.2. The van der Waals surface area contributed by atoms with Crippen LogP contribution in [0.5, 0.6) is 0 Å². The van der Waals surface area contributed by atoms with Crippen LogP contribution in [0.1, 0.15) is 42.6 Å². The van der Waals surface area contributed by atoms with Crippen molar-refractivity contribution in [2.45, 2.75) is 39.2 Å². The molecule has 18 heavy (non-hydrogen) atoms. The molecule has 0 radical (unpaired) electrons. The molecule has 0 bridgehead atoms. The second-order valence-electron chi connectivity index (χ2n) is 4.92. The highest BCUT2D eigenvalue weighted by atomic mass is 19.1. The van der Waals surface area contributed by atoms with Crippen LogP contribution in [0.4, 0.5) is 4.39 Å². The Morgan fingerprint density at radius 2 is 2.11 bits per heavy atom. The van der Waals surface area contributed by atoms with E-state index in [1.54, 1.807) is 13.0 Å². The number of benzene rings is 1. The Hall–Kier alpha value is -1.42. The largest absolute Gasteiger partial charge is 0.347 e. The van der Waals surface area contributed by atoms with Gasteiger partial charge in [0, 0.05) is 11.1 Å². The van der Waals surface area contributed by atoms with Crippen LogP contribution < -0.4 is 11.1 Å². The molecule has 0 aliphatic rings. The molecule has 0 heterocycles. The zero-order chi connectivity index (χ0) is 13.8. The average Bonchev–Trinajstić information content (AvgIpc) is 2.28. The number of aryl methyl sites for hydroxylation is 1. The second-order valence-corrected chi connectivity index (χ2v) is 4.92. The van der Waals surface area contributed by atoms with Gasteiger partial charge in [-0.2, -0.15) is 0 Å². The van der Waals surface area contributed by atoms with Crippen molar-refractivity contribution in [1.29, 1.82) is 0 Å². The van der Waals surface area contributed by atoms with Crippen LogP contribution in [-0.4, -0.2) is 18.0 Å². The standard InChI is InChI=1S/C14H21FN2O/c1-4-14(3,5-6-16)17-13(18)11-7-10(2)8-12(15)9-11/h7-9H,4-6,16H2,1-3H3,(H,17,18). The highest BCUT2D eigenvalue weighted by Crippen LogP contribution is 2.15. The van der Waals surface area contributed by atoms with Crippen molar-refractivity contribution >= 4 is 5.91 Å². The Morgan fingerprint density at radius 3 is 2.61 bits per heavy atom. The van der Waals surface area contributed by atoms with E-state index < -0.39 is 5.82 Å². The molecule has 1 unspecified atom stereocenters. The summed E-state index contributed by atoms with van der Waals surface area (Å²) in [6.45, 7) is 6.21. The Labute approximate surface area is 108 Å². The highest BCUT2D eigenvalue weighted by molar-refractivity contribution is 5.94. The third kappa shape index (κ3) is 3.81. The van der Waals surface area contributed by atoms with Gasteiger partial charge in [0.05, 0.1) is 0 Å². The minimum absolute atomic E-state index is 0.254. The molecule has 1 aromatic rings. The summed E-state index contributed by atoms with van der Waals surface area (Å²) in [7, 11) is 0. The number of rotatable bonds is 5. The van der Waals surface area contributed by atoms with Crippen LogP contribution in [0, 0.1) is 12.7 Å². The van der Waals surface area contributed by atoms with Crippen LogP contribution in [0.25, 0.3) is 0 Å². The third-order valence-electron chi connectivity index (χ3n) is 3.20. The van der Waals surface area contributed by atoms with Crippen LogP contribution >= 0.6 is 0 Å². The fourth-order valence-corrected chi connectivity index (χ4v) is 1.86. The van der Waals surface area contributed by atoms with Crippen molar-refractivity contribution in [3.63, 3.8) is 0 Å². The van der Waals surface area contributed by atoms with Crippen LogP contribution in [0.15, 0.2) is 18.2 Å². The van der Waals surface area contributed by atoms with Crippen molar-refractivity contribution < 1.29 is 9.18 Å². The first-order valence-electron chi connectivity index (χ1n) is 6.20. The van der Waals surface area contributed by atoms with E-state index in [1.807, 2.05) is 13.8 Å². The first kappa shape index (κ1) is 14.6. The van der Waals surface area contributed by atoms with Crippen LogP contribution in [-0.2, 0) is 0 Å². The van der Waals surface area contributed by atoms with Crippen LogP contribution in [0.2, 0.25) is 0 Å². The first-order chi connectivity index (χ1) is 8.40. The van der Waals surface area contributed by atoms with Crippen LogP contribution in [0.3, 0.4) is 0 Å². The molecule has 1 aromatic carbocycles. The Morgan fingerprint density at radius 1 is 1.44 bits per heavy atom. The molecule has 0 aromatic heterocycles. The lowest BCUT2D eigenvalue weighted by Gasteiger charge is -2.29. The van der Waals surface area contributed by atoms with Gasteiger partial charge in [-0.1, -0.05) is 6.92 Å². The lowest BCUT2D eigenvalue weighted by Crippen LogP contribution is -2.46. The minimum atomic E-state index is -0.392. The summed E-state index contributed by atoms with van der Waals surface area (Å²) in [5, 5.41) is 2.93. The number of carbonyl (C=O) groups excluding carboxylic acids is 1. The van der Waals surface area contributed by atoms with Gasteiger partial charge in [-0.05, 0) is 57.0 Å². The molecule has 0 aliphatic carbocycles. The number of hydrogen-bond donors (Lipinski definition) is 2. The topological polar surface area (TPSA) is 55.1 Å². The SMILES string of the molecule is CCC(C)(CCN)NC(=O)c1cc(C)cc(F)c1. The molecule has 0 saturated carbocycles. The van der Waals surface area contributed by atoms with E-state index in [1.165, 1.54) is 12.1 Å². The summed E-state index contributed by atoms with van der Waals surface area (Å²) < 4.78 is 13.3. The fraction of sp³-hybridized carbons (Fsp3) is 0.500. The van der Waals surface area contributed by atoms with Gasteiger partial charge in [0.1, 0.15) is 5.82 Å². The van der Waals surface area contributed by atoms with Gasteiger partial charge in [-0.3, -0.25) is 4.79 Å². The summed E-state index contributed by atoms with van der Waals surface area (Å²) >= 11 is 0. The smallest absolute Gasteiger partial charge is 0.251 e. The van der Waals surface area contributed by atoms with Crippen molar-refractivity contribution in [2.75, 3.05) is 6.54 Å². The molecular weight excluding hydrogens is 231 g/mol. The van der Waals surface area contributed by atoms with E-state index in [4.69, 9.17) is 5.73 Å². The maximum absolute atomic E-state index is 13.3. The zero-order valence-electron chi connectivity index (χ0n) is 11.2. The van der Waals surface area contributed by atoms with Gasteiger partial charge in [0.25, 0.3) is 5.91 Å². The Balaban J connectivity index is 2.87. The maximum atomic E-state index is 13.3. The second kappa shape index (κ2) is 5.96. The van der Waals surface area contributed by atoms with Crippen molar-refractivity contribution in [2.24, 2.45) is 5.73 Å². The van der Waals surface area contributed by atoms with Crippen molar-refractivity contribution in [1.82, 2.24) is 5.32 Å². The molecule has 3 nitrogen and oxygen atoms in total. The van der Waals surface area contributed by atoms with E-state index in [0.29, 0.717) is 18.5 Å². The number of amides is 1. The maximum Gasteiger partial charge on any atom is 0.251 e. The monoisotopic (exact) mass is 252 g/mol. The molecular formula is C14H21FN2O. The summed E-state index contributed by atoms with van der Waals surface area (Å²) in [5.74, 6) is -0.646.